The largest absolute Gasteiger partial charge is 0.384 e. The second-order valence-electron chi connectivity index (χ2n) is 5.39. The normalized spacial score (nSPS) is 16.7. The molecule has 0 atom stereocenters. The highest BCUT2D eigenvalue weighted by Crippen LogP contribution is 2.63. The van der Waals surface area contributed by atoms with Crippen molar-refractivity contribution >= 4 is 0 Å². The molecule has 0 aliphatic rings. The van der Waals surface area contributed by atoms with E-state index in [-0.39, 0.29) is 6.92 Å². The van der Waals surface area contributed by atoms with E-state index in [2.05, 4.69) is 0 Å². The third-order valence-electron chi connectivity index (χ3n) is 3.43. The Bertz CT molecular complexity index is 539. The summed E-state index contributed by atoms with van der Waals surface area (Å²) in [6, 6.07) is 0. The molecule has 0 aliphatic carbocycles. The summed E-state index contributed by atoms with van der Waals surface area (Å²) in [6.45, 7) is -1.20. The van der Waals surface area contributed by atoms with Gasteiger partial charge in [0.25, 0.3) is 0 Å². The molecule has 0 rings (SSSR count). The van der Waals surface area contributed by atoms with Crippen molar-refractivity contribution in [2.45, 2.75) is 67.6 Å². The first kappa shape index (κ1) is 25.9. The fraction of sp³-hybridized carbons (Fsp3) is 1.00. The van der Waals surface area contributed by atoms with Gasteiger partial charge in [0.15, 0.2) is 0 Å². The highest BCUT2D eigenvalue weighted by atomic mass is 19.4. The van der Waals surface area contributed by atoms with Gasteiger partial charge in [-0.1, -0.05) is 6.92 Å². The summed E-state index contributed by atoms with van der Waals surface area (Å²) in [5, 5.41) is 0. The van der Waals surface area contributed by atoms with Gasteiger partial charge in [-0.25, -0.2) is 0 Å². The summed E-state index contributed by atoms with van der Waals surface area (Å²) in [4.78, 5) is 0. The van der Waals surface area contributed by atoms with Crippen molar-refractivity contribution < 1.29 is 70.2 Å². The van der Waals surface area contributed by atoms with Crippen LogP contribution in [-0.2, 0) is 0 Å². The molecule has 0 spiro atoms. The average Bonchev–Trinajstić information content (AvgIpc) is 2.44. The van der Waals surface area contributed by atoms with Crippen molar-refractivity contribution in [3.05, 3.63) is 0 Å². The second kappa shape index (κ2) is 6.19. The monoisotopic (exact) mass is 444 g/mol. The third-order valence-corrected chi connectivity index (χ3v) is 3.43. The van der Waals surface area contributed by atoms with Crippen molar-refractivity contribution in [2.24, 2.45) is 0 Å². The minimum absolute atomic E-state index is 0.0132. The molecular weight excluding hydrogens is 436 g/mol. The summed E-state index contributed by atoms with van der Waals surface area (Å²) in [5.74, 6) is -60.1. The molecule has 0 unspecified atom stereocenters. The Morgan fingerprint density at radius 2 is 0.630 bits per heavy atom. The Hall–Kier alpha value is -1.12. The summed E-state index contributed by atoms with van der Waals surface area (Å²) in [5.41, 5.74) is 0. The first-order valence-corrected chi connectivity index (χ1v) is 6.33. The zero-order valence-electron chi connectivity index (χ0n) is 12.8. The number of hydrogen-bond acceptors (Lipinski definition) is 0. The molecule has 0 fully saturated rings. The molecule has 0 saturated heterocycles. The highest BCUT2D eigenvalue weighted by Gasteiger charge is 2.94. The summed E-state index contributed by atoms with van der Waals surface area (Å²) in [6.07, 6.45) is -2.39. The molecule has 0 aromatic heterocycles. The van der Waals surface area contributed by atoms with Crippen LogP contribution in [0.25, 0.3) is 0 Å². The van der Waals surface area contributed by atoms with Crippen LogP contribution < -0.4 is 0 Å². The van der Waals surface area contributed by atoms with Crippen LogP contribution in [0.4, 0.5) is 70.2 Å². The van der Waals surface area contributed by atoms with E-state index < -0.39 is 60.7 Å². The molecule has 27 heavy (non-hydrogen) atoms. The van der Waals surface area contributed by atoms with Crippen molar-refractivity contribution in [3.63, 3.8) is 0 Å². The van der Waals surface area contributed by atoms with Gasteiger partial charge in [0.05, 0.1) is 0 Å². The molecule has 164 valence electrons. The smallest absolute Gasteiger partial charge is 0.200 e. The molecule has 0 bridgehead atoms. The maximum Gasteiger partial charge on any atom is 0.384 e. The minimum Gasteiger partial charge on any atom is -0.200 e. The molecular formula is C11H8F16. The second-order valence-corrected chi connectivity index (χ2v) is 5.39. The van der Waals surface area contributed by atoms with Crippen molar-refractivity contribution in [1.29, 1.82) is 0 Å². The van der Waals surface area contributed by atoms with Gasteiger partial charge < -0.3 is 0 Å². The van der Waals surface area contributed by atoms with E-state index in [1.165, 1.54) is 0 Å². The van der Waals surface area contributed by atoms with E-state index in [9.17, 15) is 70.2 Å². The Morgan fingerprint density at radius 3 is 0.852 bits per heavy atom. The van der Waals surface area contributed by atoms with Gasteiger partial charge >= 0.3 is 47.4 Å². The van der Waals surface area contributed by atoms with Gasteiger partial charge in [0.2, 0.25) is 0 Å². The predicted octanol–water partition coefficient (Wildman–Crippen LogP) is 6.50. The van der Waals surface area contributed by atoms with Crippen molar-refractivity contribution in [2.75, 3.05) is 0 Å². The summed E-state index contributed by atoms with van der Waals surface area (Å²) in [7, 11) is 0. The lowest BCUT2D eigenvalue weighted by molar-refractivity contribution is -0.452. The highest BCUT2D eigenvalue weighted by molar-refractivity contribution is 5.15. The number of alkyl halides is 16. The third kappa shape index (κ3) is 3.09. The molecule has 0 aromatic carbocycles. The van der Waals surface area contributed by atoms with Gasteiger partial charge in [0.1, 0.15) is 0 Å². The predicted molar refractivity (Wildman–Crippen MR) is 55.5 cm³/mol. The van der Waals surface area contributed by atoms with E-state index in [0.29, 0.717) is 0 Å². The van der Waals surface area contributed by atoms with E-state index in [1.54, 1.807) is 0 Å². The van der Waals surface area contributed by atoms with Crippen LogP contribution >= 0.6 is 0 Å². The quantitative estimate of drug-likeness (QED) is 0.375. The summed E-state index contributed by atoms with van der Waals surface area (Å²) >= 11 is 0. The van der Waals surface area contributed by atoms with Crippen molar-refractivity contribution in [3.8, 4) is 0 Å². The SMILES string of the molecule is CCC(F)(F)C(F)(F)C(F)(F)C(F)(F)C(F)(F)C(F)(F)C(F)(F)C(C)(F)F. The Balaban J connectivity index is 6.65. The van der Waals surface area contributed by atoms with Crippen LogP contribution in [0.2, 0.25) is 0 Å². The lowest BCUT2D eigenvalue weighted by atomic mass is 9.87. The molecule has 0 aliphatic heterocycles. The molecule has 0 amide bonds. The van der Waals surface area contributed by atoms with Gasteiger partial charge in [-0.3, -0.25) is 0 Å². The molecule has 16 heteroatoms. The fourth-order valence-corrected chi connectivity index (χ4v) is 1.52. The molecule has 0 radical (unpaired) electrons. The van der Waals surface area contributed by atoms with Crippen LogP contribution in [0.3, 0.4) is 0 Å². The van der Waals surface area contributed by atoms with Gasteiger partial charge in [-0.2, -0.15) is 70.2 Å². The standard InChI is InChI=1S/C11H8F16/c1-3-5(14,15)7(18,19)9(22,23)11(26,27)10(24,25)8(20,21)6(16,17)4(2,12)13/h3H2,1-2H3. The first-order valence-electron chi connectivity index (χ1n) is 6.33. The van der Waals surface area contributed by atoms with E-state index in [0.717, 1.165) is 0 Å². The van der Waals surface area contributed by atoms with Crippen LogP contribution in [0.1, 0.15) is 20.3 Å². The Labute approximate surface area is 139 Å². The van der Waals surface area contributed by atoms with Crippen LogP contribution in [-0.4, -0.2) is 47.4 Å². The van der Waals surface area contributed by atoms with Gasteiger partial charge in [-0.15, -0.1) is 0 Å². The van der Waals surface area contributed by atoms with Crippen LogP contribution in [0, 0.1) is 0 Å². The number of halogens is 16. The molecule has 0 saturated carbocycles. The average molecular weight is 444 g/mol. The minimum atomic E-state index is -8.32. The maximum atomic E-state index is 13.2. The van der Waals surface area contributed by atoms with E-state index in [4.69, 9.17) is 0 Å². The van der Waals surface area contributed by atoms with Gasteiger partial charge in [0, 0.05) is 13.3 Å². The molecule has 0 nitrogen and oxygen atoms in total. The maximum absolute atomic E-state index is 13.2. The van der Waals surface area contributed by atoms with E-state index in [1.807, 2.05) is 0 Å². The van der Waals surface area contributed by atoms with Gasteiger partial charge in [-0.05, 0) is 0 Å². The topological polar surface area (TPSA) is 0 Å². The zero-order chi connectivity index (χ0) is 22.7. The van der Waals surface area contributed by atoms with Crippen LogP contribution in [0.5, 0.6) is 0 Å². The first-order chi connectivity index (χ1) is 11.3. The lowest BCUT2D eigenvalue weighted by Gasteiger charge is -2.43. The van der Waals surface area contributed by atoms with E-state index >= 15 is 0 Å². The number of rotatable bonds is 8. The molecule has 0 N–H and O–H groups in total. The Kier molecular flexibility index (Phi) is 5.93. The molecule has 0 heterocycles. The number of hydrogen-bond donors (Lipinski definition) is 0. The Morgan fingerprint density at radius 1 is 0.407 bits per heavy atom. The zero-order valence-corrected chi connectivity index (χ0v) is 12.8. The van der Waals surface area contributed by atoms with Crippen LogP contribution in [0.15, 0.2) is 0 Å². The lowest BCUT2D eigenvalue weighted by Crippen LogP contribution is -2.74. The molecule has 0 aromatic rings. The van der Waals surface area contributed by atoms with Crippen molar-refractivity contribution in [1.82, 2.24) is 0 Å². The summed E-state index contributed by atoms with van der Waals surface area (Å²) < 4.78 is 207. The fourth-order valence-electron chi connectivity index (χ4n) is 1.52.